The van der Waals surface area contributed by atoms with Crippen LogP contribution in [0, 0.1) is 0 Å². The molecule has 1 N–H and O–H groups in total. The normalized spacial score (nSPS) is 13.3. The van der Waals surface area contributed by atoms with Gasteiger partial charge in [0.05, 0.1) is 7.11 Å². The molecular formula is C12H20NO3PS. The smallest absolute Gasteiger partial charge is 0.323 e. The third-order valence-corrected chi connectivity index (χ3v) is 6.61. The lowest BCUT2D eigenvalue weighted by atomic mass is 10.2. The highest BCUT2D eigenvalue weighted by Gasteiger charge is 2.27. The summed E-state index contributed by atoms with van der Waals surface area (Å²) < 4.78 is 17.2. The molecule has 102 valence electrons. The van der Waals surface area contributed by atoms with E-state index in [9.17, 15) is 9.36 Å². The molecule has 0 bridgehead atoms. The lowest BCUT2D eigenvalue weighted by Crippen LogP contribution is -2.38. The number of thiophene rings is 1. The number of methoxy groups -OCH3 is 1. The van der Waals surface area contributed by atoms with Gasteiger partial charge in [-0.25, -0.2) is 0 Å². The third kappa shape index (κ3) is 4.23. The number of hydrogen-bond acceptors (Lipinski definition) is 4. The molecule has 1 aromatic rings. The maximum Gasteiger partial charge on any atom is 0.323 e. The quantitative estimate of drug-likeness (QED) is 0.619. The van der Waals surface area contributed by atoms with E-state index >= 15 is 0 Å². The number of ether oxygens (including phenoxy) is 1. The summed E-state index contributed by atoms with van der Waals surface area (Å²) in [4.78, 5) is 12.8. The third-order valence-electron chi connectivity index (χ3n) is 2.88. The van der Waals surface area contributed by atoms with Gasteiger partial charge in [0.15, 0.2) is 0 Å². The summed E-state index contributed by atoms with van der Waals surface area (Å²) in [5, 5.41) is 4.97. The first-order chi connectivity index (χ1) is 8.54. The largest absolute Gasteiger partial charge is 0.468 e. The fraction of sp³-hybridized carbons (Fsp3) is 0.583. The van der Waals surface area contributed by atoms with Crippen LogP contribution in [0.15, 0.2) is 17.5 Å². The Kier molecular flexibility index (Phi) is 6.06. The van der Waals surface area contributed by atoms with E-state index < -0.39 is 13.3 Å². The molecule has 0 aromatic carbocycles. The van der Waals surface area contributed by atoms with Gasteiger partial charge in [-0.2, -0.15) is 0 Å². The van der Waals surface area contributed by atoms with E-state index in [2.05, 4.69) is 5.09 Å². The monoisotopic (exact) mass is 289 g/mol. The number of esters is 1. The molecule has 1 rings (SSSR count). The second-order valence-corrected chi connectivity index (χ2v) is 8.34. The van der Waals surface area contributed by atoms with Gasteiger partial charge in [-0.1, -0.05) is 19.9 Å². The van der Waals surface area contributed by atoms with E-state index in [1.807, 2.05) is 31.4 Å². The molecule has 0 aliphatic heterocycles. The molecule has 0 fully saturated rings. The fourth-order valence-electron chi connectivity index (χ4n) is 1.64. The highest BCUT2D eigenvalue weighted by molar-refractivity contribution is 7.61. The van der Waals surface area contributed by atoms with Crippen molar-refractivity contribution in [1.29, 1.82) is 0 Å². The van der Waals surface area contributed by atoms with Crippen LogP contribution >= 0.6 is 18.6 Å². The summed E-state index contributed by atoms with van der Waals surface area (Å²) in [5.74, 6) is -0.356. The highest BCUT2D eigenvalue weighted by atomic mass is 32.1. The molecule has 0 radical (unpaired) electrons. The van der Waals surface area contributed by atoms with Crippen LogP contribution in [0.5, 0.6) is 0 Å². The summed E-state index contributed by atoms with van der Waals surface area (Å²) in [5.41, 5.74) is 0. The summed E-state index contributed by atoms with van der Waals surface area (Å²) in [6.45, 7) is 3.74. The van der Waals surface area contributed by atoms with Crippen LogP contribution in [0.4, 0.5) is 0 Å². The Morgan fingerprint density at radius 1 is 1.50 bits per heavy atom. The maximum atomic E-state index is 12.4. The van der Waals surface area contributed by atoms with Gasteiger partial charge in [0.1, 0.15) is 13.3 Å². The van der Waals surface area contributed by atoms with Crippen LogP contribution in [0.25, 0.3) is 0 Å². The van der Waals surface area contributed by atoms with Crippen molar-refractivity contribution in [1.82, 2.24) is 5.09 Å². The molecule has 6 heteroatoms. The Labute approximate surface area is 112 Å². The second-order valence-electron chi connectivity index (χ2n) is 4.01. The molecule has 18 heavy (non-hydrogen) atoms. The number of carbonyl (C=O) groups excluding carboxylic acids is 1. The van der Waals surface area contributed by atoms with E-state index in [-0.39, 0.29) is 5.97 Å². The Hall–Kier alpha value is -0.640. The van der Waals surface area contributed by atoms with Crippen LogP contribution in [0.2, 0.25) is 0 Å². The Morgan fingerprint density at radius 3 is 2.61 bits per heavy atom. The standard InChI is InChI=1S/C12H20NO3PS/c1-4-17(15,5-2)13-11(12(14)16-3)9-10-7-6-8-18-10/h6-8,11H,4-5,9H2,1-3H3,(H,13,15). The maximum absolute atomic E-state index is 12.4. The first kappa shape index (κ1) is 15.4. The van der Waals surface area contributed by atoms with Crippen LogP contribution in [0.3, 0.4) is 0 Å². The van der Waals surface area contributed by atoms with E-state index in [1.165, 1.54) is 7.11 Å². The SMILES string of the molecule is CCP(=O)(CC)NC(Cc1cccs1)C(=O)OC. The second kappa shape index (κ2) is 7.07. The average Bonchev–Trinajstić information content (AvgIpc) is 2.89. The van der Waals surface area contributed by atoms with Crippen molar-refractivity contribution in [2.24, 2.45) is 0 Å². The zero-order valence-corrected chi connectivity index (χ0v) is 12.7. The zero-order chi connectivity index (χ0) is 13.6. The van der Waals surface area contributed by atoms with Gasteiger partial charge >= 0.3 is 5.97 Å². The van der Waals surface area contributed by atoms with Gasteiger partial charge in [-0.05, 0) is 11.4 Å². The summed E-state index contributed by atoms with van der Waals surface area (Å²) in [6.07, 6.45) is 1.61. The van der Waals surface area contributed by atoms with E-state index in [0.717, 1.165) is 4.88 Å². The summed E-state index contributed by atoms with van der Waals surface area (Å²) in [6, 6.07) is 3.37. The summed E-state index contributed by atoms with van der Waals surface area (Å²) >= 11 is 1.58. The molecule has 1 aromatic heterocycles. The van der Waals surface area contributed by atoms with Gasteiger partial charge in [-0.15, -0.1) is 11.3 Å². The molecule has 0 saturated heterocycles. The van der Waals surface area contributed by atoms with Gasteiger partial charge in [0.2, 0.25) is 0 Å². The van der Waals surface area contributed by atoms with Crippen molar-refractivity contribution in [2.45, 2.75) is 26.3 Å². The number of rotatable bonds is 7. The first-order valence-electron chi connectivity index (χ1n) is 6.00. The van der Waals surface area contributed by atoms with Gasteiger partial charge in [-0.3, -0.25) is 9.88 Å². The van der Waals surface area contributed by atoms with Crippen molar-refractivity contribution in [3.63, 3.8) is 0 Å². The van der Waals surface area contributed by atoms with Crippen molar-refractivity contribution < 1.29 is 14.1 Å². The minimum Gasteiger partial charge on any atom is -0.468 e. The van der Waals surface area contributed by atoms with Crippen LogP contribution in [0.1, 0.15) is 18.7 Å². The van der Waals surface area contributed by atoms with Crippen molar-refractivity contribution in [3.8, 4) is 0 Å². The first-order valence-corrected chi connectivity index (χ1v) is 8.96. The molecular weight excluding hydrogens is 269 g/mol. The Bertz CT molecular complexity index is 411. The molecule has 1 atom stereocenters. The average molecular weight is 289 g/mol. The van der Waals surface area contributed by atoms with E-state index in [4.69, 9.17) is 4.74 Å². The Balaban J connectivity index is 2.79. The van der Waals surface area contributed by atoms with Crippen molar-refractivity contribution in [3.05, 3.63) is 22.4 Å². The minimum absolute atomic E-state index is 0.356. The number of carbonyl (C=O) groups is 1. The van der Waals surface area contributed by atoms with Crippen LogP contribution < -0.4 is 5.09 Å². The van der Waals surface area contributed by atoms with Gasteiger partial charge in [0, 0.05) is 23.6 Å². The van der Waals surface area contributed by atoms with Crippen LogP contribution in [-0.4, -0.2) is 31.4 Å². The van der Waals surface area contributed by atoms with Gasteiger partial charge in [0.25, 0.3) is 0 Å². The summed E-state index contributed by atoms with van der Waals surface area (Å²) in [7, 11) is -1.11. The molecule has 0 aliphatic carbocycles. The molecule has 0 saturated carbocycles. The number of hydrogen-bond donors (Lipinski definition) is 1. The van der Waals surface area contributed by atoms with Crippen molar-refractivity contribution in [2.75, 3.05) is 19.4 Å². The molecule has 1 heterocycles. The topological polar surface area (TPSA) is 55.4 Å². The highest BCUT2D eigenvalue weighted by Crippen LogP contribution is 2.40. The fourth-order valence-corrected chi connectivity index (χ4v) is 3.97. The Morgan fingerprint density at radius 2 is 2.17 bits per heavy atom. The van der Waals surface area contributed by atoms with Crippen LogP contribution in [-0.2, 0) is 20.5 Å². The van der Waals surface area contributed by atoms with E-state index in [0.29, 0.717) is 18.7 Å². The lowest BCUT2D eigenvalue weighted by molar-refractivity contribution is -0.142. The van der Waals surface area contributed by atoms with Gasteiger partial charge < -0.3 is 9.30 Å². The zero-order valence-electron chi connectivity index (χ0n) is 11.0. The number of nitrogens with one attached hydrogen (secondary N) is 1. The lowest BCUT2D eigenvalue weighted by Gasteiger charge is -2.22. The van der Waals surface area contributed by atoms with Crippen molar-refractivity contribution >= 4 is 24.6 Å². The molecule has 0 amide bonds. The molecule has 4 nitrogen and oxygen atoms in total. The minimum atomic E-state index is -2.47. The molecule has 0 spiro atoms. The molecule has 1 unspecified atom stereocenters. The predicted molar refractivity (Wildman–Crippen MR) is 75.7 cm³/mol. The molecule has 0 aliphatic rings. The predicted octanol–water partition coefficient (Wildman–Crippen LogP) is 2.74. The van der Waals surface area contributed by atoms with E-state index in [1.54, 1.807) is 11.3 Å².